The average molecular weight is 515 g/mol. The number of rotatable bonds is 3. The van der Waals surface area contributed by atoms with Crippen LogP contribution in [0.25, 0.3) is 71.1 Å². The summed E-state index contributed by atoms with van der Waals surface area (Å²) in [4.78, 5) is 1.42. The van der Waals surface area contributed by atoms with Crippen LogP contribution in [0.5, 0.6) is 0 Å². The lowest BCUT2D eigenvalue weighted by molar-refractivity contribution is 1.01. The van der Waals surface area contributed by atoms with Gasteiger partial charge in [0.2, 0.25) is 0 Å². The quantitative estimate of drug-likeness (QED) is 0.206. The molecule has 0 bridgehead atoms. The van der Waals surface area contributed by atoms with E-state index in [4.69, 9.17) is 0 Å². The Kier molecular flexibility index (Phi) is 5.24. The predicted molar refractivity (Wildman–Crippen MR) is 170 cm³/mol. The summed E-state index contributed by atoms with van der Waals surface area (Å²) in [6.45, 7) is 0. The summed E-state index contributed by atoms with van der Waals surface area (Å²) in [7, 11) is 0. The number of aryl methyl sites for hydroxylation is 1. The number of fused-ring (bicyclic) bond motifs is 5. The van der Waals surface area contributed by atoms with Crippen molar-refractivity contribution in [2.24, 2.45) is 0 Å². The van der Waals surface area contributed by atoms with Crippen molar-refractivity contribution in [1.29, 1.82) is 0 Å². The molecule has 0 atom stereocenters. The Bertz CT molecular complexity index is 2000. The Morgan fingerprint density at radius 1 is 0.487 bits per heavy atom. The van der Waals surface area contributed by atoms with Gasteiger partial charge in [-0.25, -0.2) is 0 Å². The third-order valence-electron chi connectivity index (χ3n) is 8.14. The number of allylic oxidation sites excluding steroid dienone is 1. The Labute approximate surface area is 232 Å². The van der Waals surface area contributed by atoms with Gasteiger partial charge in [-0.2, -0.15) is 0 Å². The first kappa shape index (κ1) is 22.5. The van der Waals surface area contributed by atoms with E-state index in [0.717, 1.165) is 12.8 Å². The molecule has 8 rings (SSSR count). The SMILES string of the molecule is C1=Cc2sc3c(-c4c5ccccc5c(-c5cccc(-c6ccccc6)c5)c5ccccc45)cccc3c2CC1. The van der Waals surface area contributed by atoms with Crippen molar-refractivity contribution in [2.45, 2.75) is 12.8 Å². The van der Waals surface area contributed by atoms with Crippen LogP contribution >= 0.6 is 11.3 Å². The summed E-state index contributed by atoms with van der Waals surface area (Å²) in [5.74, 6) is 0. The molecular weight excluding hydrogens is 488 g/mol. The summed E-state index contributed by atoms with van der Waals surface area (Å²) in [5.41, 5.74) is 9.25. The molecule has 1 aliphatic rings. The van der Waals surface area contributed by atoms with Gasteiger partial charge >= 0.3 is 0 Å². The Morgan fingerprint density at radius 3 is 1.82 bits per heavy atom. The highest BCUT2D eigenvalue weighted by Crippen LogP contribution is 2.48. The summed E-state index contributed by atoms with van der Waals surface area (Å²) >= 11 is 1.95. The van der Waals surface area contributed by atoms with E-state index in [0.29, 0.717) is 0 Å². The van der Waals surface area contributed by atoms with Gasteiger partial charge in [0.05, 0.1) is 0 Å². The van der Waals surface area contributed by atoms with Crippen molar-refractivity contribution in [3.63, 3.8) is 0 Å². The zero-order chi connectivity index (χ0) is 25.8. The van der Waals surface area contributed by atoms with Crippen molar-refractivity contribution < 1.29 is 0 Å². The molecule has 1 heterocycles. The first-order valence-electron chi connectivity index (χ1n) is 13.7. The van der Waals surface area contributed by atoms with Crippen LogP contribution in [0.4, 0.5) is 0 Å². The highest BCUT2D eigenvalue weighted by atomic mass is 32.1. The lowest BCUT2D eigenvalue weighted by Gasteiger charge is -2.18. The molecule has 7 aromatic rings. The fraction of sp³-hybridized carbons (Fsp3) is 0.0526. The van der Waals surface area contributed by atoms with Crippen LogP contribution in [0.1, 0.15) is 16.9 Å². The fourth-order valence-corrected chi connectivity index (χ4v) is 7.71. The van der Waals surface area contributed by atoms with Gasteiger partial charge in [0.15, 0.2) is 0 Å². The molecule has 0 radical (unpaired) electrons. The minimum atomic E-state index is 1.13. The van der Waals surface area contributed by atoms with Gasteiger partial charge in [0.25, 0.3) is 0 Å². The van der Waals surface area contributed by atoms with E-state index in [9.17, 15) is 0 Å². The first-order chi connectivity index (χ1) is 19.4. The van der Waals surface area contributed by atoms with Crippen LogP contribution in [-0.4, -0.2) is 0 Å². The molecule has 0 spiro atoms. The Hall–Kier alpha value is -4.46. The first-order valence-corrected chi connectivity index (χ1v) is 14.5. The van der Waals surface area contributed by atoms with E-state index in [2.05, 4.69) is 133 Å². The topological polar surface area (TPSA) is 0 Å². The molecule has 0 aliphatic heterocycles. The second-order valence-corrected chi connectivity index (χ2v) is 11.4. The third-order valence-corrected chi connectivity index (χ3v) is 9.39. The van der Waals surface area contributed by atoms with Crippen molar-refractivity contribution in [1.82, 2.24) is 0 Å². The molecule has 6 aromatic carbocycles. The molecule has 0 saturated carbocycles. The van der Waals surface area contributed by atoms with Crippen LogP contribution in [0.15, 0.2) is 127 Å². The molecule has 0 nitrogen and oxygen atoms in total. The summed E-state index contributed by atoms with van der Waals surface area (Å²) < 4.78 is 1.41. The molecule has 184 valence electrons. The highest BCUT2D eigenvalue weighted by molar-refractivity contribution is 7.20. The van der Waals surface area contributed by atoms with E-state index in [1.165, 1.54) is 75.5 Å². The van der Waals surface area contributed by atoms with Crippen LogP contribution in [0.3, 0.4) is 0 Å². The fourth-order valence-electron chi connectivity index (χ4n) is 6.41. The van der Waals surface area contributed by atoms with Crippen LogP contribution in [0.2, 0.25) is 0 Å². The maximum atomic E-state index is 2.35. The Balaban J connectivity index is 1.46. The molecule has 0 N–H and O–H groups in total. The molecule has 1 aromatic heterocycles. The average Bonchev–Trinajstić information content (AvgIpc) is 3.39. The number of hydrogen-bond acceptors (Lipinski definition) is 1. The molecule has 39 heavy (non-hydrogen) atoms. The highest BCUT2D eigenvalue weighted by Gasteiger charge is 2.21. The normalized spacial score (nSPS) is 12.8. The van der Waals surface area contributed by atoms with E-state index in [1.807, 2.05) is 11.3 Å². The molecule has 0 amide bonds. The number of benzene rings is 6. The van der Waals surface area contributed by atoms with Crippen LogP contribution in [0, 0.1) is 0 Å². The summed E-state index contributed by atoms with van der Waals surface area (Å²) in [5, 5.41) is 6.64. The lowest BCUT2D eigenvalue weighted by atomic mass is 9.85. The van der Waals surface area contributed by atoms with Crippen LogP contribution < -0.4 is 0 Å². The zero-order valence-electron chi connectivity index (χ0n) is 21.5. The van der Waals surface area contributed by atoms with Gasteiger partial charge in [0, 0.05) is 15.1 Å². The van der Waals surface area contributed by atoms with Gasteiger partial charge in [0.1, 0.15) is 0 Å². The summed E-state index contributed by atoms with van der Waals surface area (Å²) in [6, 6.07) is 44.6. The van der Waals surface area contributed by atoms with E-state index < -0.39 is 0 Å². The molecule has 0 unspecified atom stereocenters. The van der Waals surface area contributed by atoms with Gasteiger partial charge in [-0.05, 0) is 85.3 Å². The van der Waals surface area contributed by atoms with Crippen molar-refractivity contribution in [2.75, 3.05) is 0 Å². The Morgan fingerprint density at radius 2 is 1.08 bits per heavy atom. The second-order valence-electron chi connectivity index (χ2n) is 10.4. The number of thiophene rings is 1. The molecule has 0 saturated heterocycles. The third kappa shape index (κ3) is 3.58. The molecular formula is C38H26S. The standard InChI is InChI=1S/C38H26S/c1-2-12-25(13-3-1)26-14-10-15-27(24-26)36-29-17-4-6-19-31(29)37(32-20-7-5-18-30(32)36)34-22-11-21-33-28-16-8-9-23-35(28)39-38(33)34/h1-7,9-15,17-24H,8,16H2. The number of hydrogen-bond donors (Lipinski definition) is 0. The maximum absolute atomic E-state index is 2.35. The van der Waals surface area contributed by atoms with Gasteiger partial charge < -0.3 is 0 Å². The van der Waals surface area contributed by atoms with E-state index in [-0.39, 0.29) is 0 Å². The minimum absolute atomic E-state index is 1.13. The monoisotopic (exact) mass is 514 g/mol. The van der Waals surface area contributed by atoms with Crippen molar-refractivity contribution in [3.05, 3.63) is 138 Å². The van der Waals surface area contributed by atoms with Gasteiger partial charge in [-0.1, -0.05) is 121 Å². The van der Waals surface area contributed by atoms with Gasteiger partial charge in [-0.3, -0.25) is 0 Å². The van der Waals surface area contributed by atoms with Crippen LogP contribution in [-0.2, 0) is 6.42 Å². The maximum Gasteiger partial charge on any atom is 0.0430 e. The molecule has 1 aliphatic carbocycles. The van der Waals surface area contributed by atoms with E-state index in [1.54, 1.807) is 0 Å². The van der Waals surface area contributed by atoms with Crippen molar-refractivity contribution >= 4 is 49.0 Å². The second kappa shape index (κ2) is 9.08. The largest absolute Gasteiger partial charge is 0.135 e. The minimum Gasteiger partial charge on any atom is -0.135 e. The smallest absolute Gasteiger partial charge is 0.0430 e. The predicted octanol–water partition coefficient (Wildman–Crippen LogP) is 11.2. The lowest BCUT2D eigenvalue weighted by Crippen LogP contribution is -1.92. The summed E-state index contributed by atoms with van der Waals surface area (Å²) in [6.07, 6.45) is 6.91. The zero-order valence-corrected chi connectivity index (χ0v) is 22.3. The van der Waals surface area contributed by atoms with Crippen molar-refractivity contribution in [3.8, 4) is 33.4 Å². The molecule has 0 fully saturated rings. The van der Waals surface area contributed by atoms with Gasteiger partial charge in [-0.15, -0.1) is 11.3 Å². The molecule has 1 heteroatoms. The van der Waals surface area contributed by atoms with E-state index >= 15 is 0 Å².